The number of likely N-dealkylation sites (N-methyl/N-ethyl adjacent to an activating group) is 1. The van der Waals surface area contributed by atoms with Crippen LogP contribution >= 0.6 is 24.8 Å². The first kappa shape index (κ1) is 38.9. The Morgan fingerprint density at radius 2 is 1.73 bits per heavy atom. The Balaban J connectivity index is 0.00000325. The smallest absolute Gasteiger partial charge is 0.258 e. The molecule has 1 fully saturated rings. The topological polar surface area (TPSA) is 109 Å². The number of fused-ring (bicyclic) bond motifs is 1. The van der Waals surface area contributed by atoms with Crippen LogP contribution in [0.3, 0.4) is 0 Å². The fraction of sp³-hybridized carbons (Fsp3) is 0.361. The summed E-state index contributed by atoms with van der Waals surface area (Å²) in [7, 11) is 7.13. The van der Waals surface area contributed by atoms with Crippen LogP contribution in [-0.2, 0) is 11.8 Å². The van der Waals surface area contributed by atoms with Gasteiger partial charge in [-0.3, -0.25) is 9.59 Å². The summed E-state index contributed by atoms with van der Waals surface area (Å²) in [6, 6.07) is 16.1. The average Bonchev–Trinajstić information content (AvgIpc) is 3.47. The molecule has 1 saturated heterocycles. The highest BCUT2D eigenvalue weighted by Crippen LogP contribution is 2.32. The molecule has 0 atom stereocenters. The van der Waals surface area contributed by atoms with Gasteiger partial charge in [0.05, 0.1) is 53.7 Å². The van der Waals surface area contributed by atoms with E-state index in [9.17, 15) is 14.4 Å². The second-order valence-corrected chi connectivity index (χ2v) is 11.9. The number of carbonyl (C=O) groups excluding carboxylic acids is 3. The molecule has 0 bridgehead atoms. The minimum absolute atomic E-state index is 0. The summed E-state index contributed by atoms with van der Waals surface area (Å²) >= 11 is 0. The third-order valence-electron chi connectivity index (χ3n) is 8.53. The largest absolute Gasteiger partial charge is 0.495 e. The van der Waals surface area contributed by atoms with Gasteiger partial charge in [-0.05, 0) is 81.3 Å². The molecule has 4 aromatic rings. The Morgan fingerprint density at radius 1 is 0.980 bits per heavy atom. The van der Waals surface area contributed by atoms with Crippen LogP contribution in [0.4, 0.5) is 11.4 Å². The summed E-state index contributed by atoms with van der Waals surface area (Å²) in [5, 5.41) is 2.92. The van der Waals surface area contributed by atoms with Crippen LogP contribution in [0.1, 0.15) is 45.5 Å². The molecule has 3 aromatic carbocycles. The van der Waals surface area contributed by atoms with Crippen molar-refractivity contribution in [2.75, 3.05) is 64.2 Å². The molecule has 13 heteroatoms. The standard InChI is InChI=1S/C36H42N6O5.2ClH/c1-25-12-15-31(33(21-25)47-20-7-6-9-27(23-43)42-18-16-39(2)17-19-42)41(4)36(45)26-13-14-29(32(22-26)46-5)38-35(44)28-10-8-11-30-34(28)40(3)24-37-30;;/h8,10-15,21-22,24H,6-7,9,16-20H2,1-5H3,(H,38,44);2*1H. The molecule has 1 N–H and O–H groups in total. The molecular weight excluding hydrogens is 667 g/mol. The van der Waals surface area contributed by atoms with Crippen LogP contribution in [0.2, 0.25) is 0 Å². The molecular formula is C36H44Cl2N6O5. The number of hydrogen-bond donors (Lipinski definition) is 1. The highest BCUT2D eigenvalue weighted by molar-refractivity contribution is 6.12. The number of anilines is 2. The minimum Gasteiger partial charge on any atom is -0.495 e. The lowest BCUT2D eigenvalue weighted by Crippen LogP contribution is -2.44. The van der Waals surface area contributed by atoms with E-state index in [1.165, 1.54) is 7.11 Å². The van der Waals surface area contributed by atoms with Gasteiger partial charge in [-0.2, -0.15) is 0 Å². The van der Waals surface area contributed by atoms with E-state index >= 15 is 0 Å². The number of ether oxygens (including phenoxy) is 2. The second kappa shape index (κ2) is 17.7. The highest BCUT2D eigenvalue weighted by atomic mass is 35.5. The molecule has 0 unspecified atom stereocenters. The van der Waals surface area contributed by atoms with Gasteiger partial charge in [0.25, 0.3) is 11.8 Å². The van der Waals surface area contributed by atoms with Gasteiger partial charge in [-0.25, -0.2) is 9.78 Å². The zero-order valence-electron chi connectivity index (χ0n) is 28.5. The fourth-order valence-electron chi connectivity index (χ4n) is 5.76. The maximum atomic E-state index is 13.7. The predicted octanol–water partition coefficient (Wildman–Crippen LogP) is 5.77. The lowest BCUT2D eigenvalue weighted by Gasteiger charge is -2.34. The highest BCUT2D eigenvalue weighted by Gasteiger charge is 2.21. The maximum absolute atomic E-state index is 13.7. The lowest BCUT2D eigenvalue weighted by atomic mass is 10.1. The minimum atomic E-state index is -0.312. The number of para-hydroxylation sites is 1. The molecule has 1 aromatic heterocycles. The summed E-state index contributed by atoms with van der Waals surface area (Å²) in [5.74, 6) is 2.53. The number of hydrogen-bond acceptors (Lipinski definition) is 8. The van der Waals surface area contributed by atoms with E-state index in [1.54, 1.807) is 53.2 Å². The normalized spacial score (nSPS) is 12.7. The molecule has 2 heterocycles. The van der Waals surface area contributed by atoms with Crippen LogP contribution < -0.4 is 19.7 Å². The van der Waals surface area contributed by atoms with Crippen LogP contribution in [0, 0.1) is 6.92 Å². The van der Waals surface area contributed by atoms with Crippen LogP contribution in [-0.4, -0.2) is 91.1 Å². The molecule has 0 radical (unpaired) electrons. The molecule has 262 valence electrons. The number of piperazine rings is 1. The zero-order valence-corrected chi connectivity index (χ0v) is 30.2. The van der Waals surface area contributed by atoms with E-state index in [1.807, 2.05) is 38.2 Å². The van der Waals surface area contributed by atoms with E-state index in [-0.39, 0.29) is 36.6 Å². The summed E-state index contributed by atoms with van der Waals surface area (Å²) in [5.41, 5.74) is 5.12. The predicted molar refractivity (Wildman–Crippen MR) is 198 cm³/mol. The van der Waals surface area contributed by atoms with Crippen molar-refractivity contribution in [2.45, 2.75) is 26.2 Å². The van der Waals surface area contributed by atoms with Crippen molar-refractivity contribution in [1.29, 1.82) is 0 Å². The van der Waals surface area contributed by atoms with E-state index < -0.39 is 0 Å². The van der Waals surface area contributed by atoms with E-state index in [0.717, 1.165) is 61.3 Å². The lowest BCUT2D eigenvalue weighted by molar-refractivity contribution is 0.0990. The maximum Gasteiger partial charge on any atom is 0.258 e. The molecule has 1 aliphatic rings. The number of nitrogens with zero attached hydrogens (tertiary/aromatic N) is 5. The first-order valence-electron chi connectivity index (χ1n) is 15.8. The van der Waals surface area contributed by atoms with Crippen molar-refractivity contribution >= 4 is 65.0 Å². The number of benzene rings is 3. The quantitative estimate of drug-likeness (QED) is 0.146. The zero-order chi connectivity index (χ0) is 33.5. The van der Waals surface area contributed by atoms with Crippen LogP contribution in [0.25, 0.3) is 11.0 Å². The fourth-order valence-corrected chi connectivity index (χ4v) is 5.76. The summed E-state index contributed by atoms with van der Waals surface area (Å²) < 4.78 is 13.6. The van der Waals surface area contributed by atoms with Crippen molar-refractivity contribution in [3.05, 3.63) is 83.3 Å². The van der Waals surface area contributed by atoms with Gasteiger partial charge in [-0.1, -0.05) is 12.1 Å². The van der Waals surface area contributed by atoms with Gasteiger partial charge in [0, 0.05) is 45.8 Å². The van der Waals surface area contributed by atoms with Gasteiger partial charge in [0.2, 0.25) is 0 Å². The molecule has 11 nitrogen and oxygen atoms in total. The Hall–Kier alpha value is -4.54. The van der Waals surface area contributed by atoms with Crippen molar-refractivity contribution in [3.8, 4) is 11.5 Å². The summed E-state index contributed by atoms with van der Waals surface area (Å²) in [4.78, 5) is 48.8. The van der Waals surface area contributed by atoms with Gasteiger partial charge in [0.1, 0.15) is 17.4 Å². The monoisotopic (exact) mass is 710 g/mol. The van der Waals surface area contributed by atoms with E-state index in [4.69, 9.17) is 9.47 Å². The number of aryl methyl sites for hydroxylation is 2. The summed E-state index contributed by atoms with van der Waals surface area (Å²) in [6.07, 6.45) is 3.88. The number of imidazole rings is 1. The van der Waals surface area contributed by atoms with Gasteiger partial charge in [-0.15, -0.1) is 24.8 Å². The van der Waals surface area contributed by atoms with Crippen molar-refractivity contribution in [3.63, 3.8) is 0 Å². The molecule has 0 saturated carbocycles. The van der Waals surface area contributed by atoms with Gasteiger partial charge in [0.15, 0.2) is 0 Å². The Morgan fingerprint density at radius 3 is 2.45 bits per heavy atom. The van der Waals surface area contributed by atoms with E-state index in [2.05, 4.69) is 33.1 Å². The molecule has 0 spiro atoms. The van der Waals surface area contributed by atoms with Crippen LogP contribution in [0.15, 0.2) is 66.6 Å². The number of halogens is 2. The van der Waals surface area contributed by atoms with Crippen molar-refractivity contribution in [2.24, 2.45) is 7.05 Å². The third kappa shape index (κ3) is 9.13. The van der Waals surface area contributed by atoms with Gasteiger partial charge >= 0.3 is 0 Å². The Labute approximate surface area is 299 Å². The first-order valence-corrected chi connectivity index (χ1v) is 15.8. The number of allylic oxidation sites excluding steroid dienone is 1. The average molecular weight is 712 g/mol. The number of rotatable bonds is 12. The van der Waals surface area contributed by atoms with Crippen molar-refractivity contribution < 1.29 is 23.9 Å². The third-order valence-corrected chi connectivity index (χ3v) is 8.53. The number of carbonyl (C=O) groups is 2. The molecule has 5 rings (SSSR count). The number of methoxy groups -OCH3 is 1. The Kier molecular flexibility index (Phi) is 14.1. The number of unbranched alkanes of at least 4 members (excludes halogenated alkanes) is 1. The molecule has 1 aliphatic heterocycles. The number of nitrogens with one attached hydrogen (secondary N) is 1. The van der Waals surface area contributed by atoms with Crippen LogP contribution in [0.5, 0.6) is 11.5 Å². The SMILES string of the molecule is COc1cc(C(=O)N(C)c2ccc(C)cc2OCCCCC(=C=O)N2CCN(C)CC2)ccc1NC(=O)c1cccc2ncn(C)c12.Cl.Cl. The second-order valence-electron chi connectivity index (χ2n) is 11.9. The summed E-state index contributed by atoms with van der Waals surface area (Å²) in [6.45, 7) is 5.99. The van der Waals surface area contributed by atoms with E-state index in [0.29, 0.717) is 47.0 Å². The Bertz CT molecular complexity index is 1810. The number of aromatic nitrogens is 2. The number of amides is 2. The molecule has 0 aliphatic carbocycles. The van der Waals surface area contributed by atoms with Gasteiger partial charge < -0.3 is 34.1 Å². The molecule has 2 amide bonds. The first-order chi connectivity index (χ1) is 22.7. The molecule has 49 heavy (non-hydrogen) atoms. The van der Waals surface area contributed by atoms with Crippen molar-refractivity contribution in [1.82, 2.24) is 19.4 Å².